The number of nitrogens with one attached hydrogen (secondary N) is 1. The number of hydrogen-bond donors (Lipinski definition) is 2. The fraction of sp³-hybridized carbons (Fsp3) is 0. The van der Waals surface area contributed by atoms with Crippen molar-refractivity contribution in [1.29, 1.82) is 0 Å². The van der Waals surface area contributed by atoms with Crippen LogP contribution in [-0.4, -0.2) is 22.0 Å². The highest BCUT2D eigenvalue weighted by Gasteiger charge is 2.13. The van der Waals surface area contributed by atoms with Crippen LogP contribution >= 0.6 is 15.9 Å². The summed E-state index contributed by atoms with van der Waals surface area (Å²) in [7, 11) is 0. The Kier molecular flexibility index (Phi) is 4.09. The molecule has 0 fully saturated rings. The third-order valence-corrected chi connectivity index (χ3v) is 2.88. The minimum absolute atomic E-state index is 0.00451. The first-order chi connectivity index (χ1) is 9.47. The molecule has 0 spiro atoms. The Morgan fingerprint density at radius 3 is 2.70 bits per heavy atom. The van der Waals surface area contributed by atoms with Gasteiger partial charge in [-0.05, 0) is 24.3 Å². The number of rotatable bonds is 3. The number of carbonyl (C=O) groups excluding carboxylic acids is 1. The van der Waals surface area contributed by atoms with Crippen LogP contribution in [0.5, 0.6) is 0 Å². The van der Waals surface area contributed by atoms with E-state index in [4.69, 9.17) is 5.11 Å². The van der Waals surface area contributed by atoms with Gasteiger partial charge < -0.3 is 10.4 Å². The van der Waals surface area contributed by atoms with Gasteiger partial charge in [-0.15, -0.1) is 0 Å². The van der Waals surface area contributed by atoms with E-state index in [0.29, 0.717) is 4.47 Å². The largest absolute Gasteiger partial charge is 0.478 e. The zero-order valence-electron chi connectivity index (χ0n) is 9.93. The van der Waals surface area contributed by atoms with E-state index in [1.807, 2.05) is 0 Å². The molecule has 0 unspecified atom stereocenters. The average Bonchev–Trinajstić information content (AvgIpc) is 2.38. The fourth-order valence-electron chi connectivity index (χ4n) is 1.54. The van der Waals surface area contributed by atoms with Crippen molar-refractivity contribution in [3.8, 4) is 0 Å². The van der Waals surface area contributed by atoms with Gasteiger partial charge in [-0.25, -0.2) is 9.18 Å². The number of pyridine rings is 1. The second-order valence-electron chi connectivity index (χ2n) is 3.84. The lowest BCUT2D eigenvalue weighted by molar-refractivity contribution is 0.0696. The molecule has 1 aromatic heterocycles. The molecule has 0 saturated heterocycles. The van der Waals surface area contributed by atoms with Gasteiger partial charge in [0.2, 0.25) is 0 Å². The summed E-state index contributed by atoms with van der Waals surface area (Å²) in [5.74, 6) is -2.56. The highest BCUT2D eigenvalue weighted by Crippen LogP contribution is 2.20. The molecule has 102 valence electrons. The van der Waals surface area contributed by atoms with E-state index in [0.717, 1.165) is 6.20 Å². The quantitative estimate of drug-likeness (QED) is 0.901. The molecular formula is C13H8BrFN2O3. The minimum Gasteiger partial charge on any atom is -0.478 e. The smallest absolute Gasteiger partial charge is 0.335 e. The molecule has 7 heteroatoms. The molecule has 0 bridgehead atoms. The van der Waals surface area contributed by atoms with Crippen molar-refractivity contribution in [1.82, 2.24) is 4.98 Å². The number of anilines is 1. The van der Waals surface area contributed by atoms with Gasteiger partial charge in [-0.3, -0.25) is 9.78 Å². The first kappa shape index (κ1) is 14.1. The SMILES string of the molecule is O=C(O)c1cc(Br)cc(NC(=O)c2ccncc2F)c1. The van der Waals surface area contributed by atoms with Gasteiger partial charge >= 0.3 is 5.97 Å². The van der Waals surface area contributed by atoms with Crippen LogP contribution in [0.4, 0.5) is 10.1 Å². The monoisotopic (exact) mass is 338 g/mol. The number of aromatic nitrogens is 1. The van der Waals surface area contributed by atoms with Crippen molar-refractivity contribution < 1.29 is 19.1 Å². The molecule has 5 nitrogen and oxygen atoms in total. The van der Waals surface area contributed by atoms with Crippen LogP contribution < -0.4 is 5.32 Å². The highest BCUT2D eigenvalue weighted by atomic mass is 79.9. The lowest BCUT2D eigenvalue weighted by atomic mass is 10.2. The standard InChI is InChI=1S/C13H8BrFN2O3/c14-8-3-7(13(19)20)4-9(5-8)17-12(18)10-1-2-16-6-11(10)15/h1-6H,(H,17,18)(H,19,20). The van der Waals surface area contributed by atoms with Gasteiger partial charge in [-0.2, -0.15) is 0 Å². The zero-order valence-corrected chi connectivity index (χ0v) is 11.5. The number of carbonyl (C=O) groups is 2. The maximum Gasteiger partial charge on any atom is 0.335 e. The summed E-state index contributed by atoms with van der Waals surface area (Å²) in [5, 5.41) is 11.4. The van der Waals surface area contributed by atoms with Gasteiger partial charge in [0.1, 0.15) is 0 Å². The minimum atomic E-state index is -1.13. The van der Waals surface area contributed by atoms with Crippen LogP contribution in [0.3, 0.4) is 0 Å². The maximum atomic E-state index is 13.4. The van der Waals surface area contributed by atoms with Crippen LogP contribution in [0.1, 0.15) is 20.7 Å². The number of aromatic carboxylic acids is 1. The summed E-state index contributed by atoms with van der Waals surface area (Å²) in [4.78, 5) is 26.3. The zero-order chi connectivity index (χ0) is 14.7. The summed E-state index contributed by atoms with van der Waals surface area (Å²) >= 11 is 3.14. The fourth-order valence-corrected chi connectivity index (χ4v) is 2.04. The van der Waals surface area contributed by atoms with E-state index < -0.39 is 17.7 Å². The molecule has 20 heavy (non-hydrogen) atoms. The van der Waals surface area contributed by atoms with Crippen LogP contribution in [0.2, 0.25) is 0 Å². The molecule has 1 amide bonds. The topological polar surface area (TPSA) is 79.3 Å². The molecule has 0 aliphatic rings. The summed E-state index contributed by atoms with van der Waals surface area (Å²) in [5.41, 5.74) is 0.0831. The van der Waals surface area contributed by atoms with Crippen LogP contribution in [-0.2, 0) is 0 Å². The molecule has 2 rings (SSSR count). The Morgan fingerprint density at radius 2 is 2.05 bits per heavy atom. The van der Waals surface area contributed by atoms with Crippen LogP contribution in [0.15, 0.2) is 41.1 Å². The third kappa shape index (κ3) is 3.18. The molecule has 1 heterocycles. The number of amides is 1. The predicted octanol–water partition coefficient (Wildman–Crippen LogP) is 2.93. The average molecular weight is 339 g/mol. The van der Waals surface area contributed by atoms with Crippen molar-refractivity contribution in [3.63, 3.8) is 0 Å². The molecule has 0 saturated carbocycles. The predicted molar refractivity (Wildman–Crippen MR) is 73.2 cm³/mol. The maximum absolute atomic E-state index is 13.4. The van der Waals surface area contributed by atoms with Crippen LogP contribution in [0.25, 0.3) is 0 Å². The molecule has 2 aromatic rings. The highest BCUT2D eigenvalue weighted by molar-refractivity contribution is 9.10. The Bertz CT molecular complexity index is 691. The molecule has 1 aromatic carbocycles. The van der Waals surface area contributed by atoms with E-state index in [1.165, 1.54) is 30.5 Å². The van der Waals surface area contributed by atoms with E-state index in [9.17, 15) is 14.0 Å². The molecule has 0 aliphatic heterocycles. The van der Waals surface area contributed by atoms with Crippen molar-refractivity contribution in [2.24, 2.45) is 0 Å². The van der Waals surface area contributed by atoms with Gasteiger partial charge in [0.25, 0.3) is 5.91 Å². The van der Waals surface area contributed by atoms with Crippen LogP contribution in [0, 0.1) is 5.82 Å². The Hall–Kier alpha value is -2.28. The number of carboxylic acid groups (broad SMARTS) is 1. The molecule has 0 atom stereocenters. The second kappa shape index (κ2) is 5.79. The van der Waals surface area contributed by atoms with Crippen molar-refractivity contribution in [2.75, 3.05) is 5.32 Å². The summed E-state index contributed by atoms with van der Waals surface area (Å²) in [6.07, 6.45) is 2.22. The molecule has 0 radical (unpaired) electrons. The Balaban J connectivity index is 2.28. The van der Waals surface area contributed by atoms with Gasteiger partial charge in [0.15, 0.2) is 5.82 Å². The number of halogens is 2. The molecule has 0 aliphatic carbocycles. The summed E-state index contributed by atoms with van der Waals surface area (Å²) < 4.78 is 13.9. The third-order valence-electron chi connectivity index (χ3n) is 2.42. The number of carboxylic acids is 1. The number of hydrogen-bond acceptors (Lipinski definition) is 3. The Labute approximate surface area is 121 Å². The first-order valence-electron chi connectivity index (χ1n) is 5.42. The van der Waals surface area contributed by atoms with E-state index in [-0.39, 0.29) is 16.8 Å². The molecule has 2 N–H and O–H groups in total. The number of nitrogens with zero attached hydrogens (tertiary/aromatic N) is 1. The number of benzene rings is 1. The van der Waals surface area contributed by atoms with Gasteiger partial charge in [-0.1, -0.05) is 15.9 Å². The van der Waals surface area contributed by atoms with Crippen molar-refractivity contribution >= 4 is 33.5 Å². The summed E-state index contributed by atoms with van der Waals surface area (Å²) in [6, 6.07) is 5.43. The van der Waals surface area contributed by atoms with Gasteiger partial charge in [0, 0.05) is 16.4 Å². The van der Waals surface area contributed by atoms with E-state index >= 15 is 0 Å². The van der Waals surface area contributed by atoms with Crippen molar-refractivity contribution in [2.45, 2.75) is 0 Å². The normalized spacial score (nSPS) is 10.1. The van der Waals surface area contributed by atoms with E-state index in [1.54, 1.807) is 0 Å². The lowest BCUT2D eigenvalue weighted by Crippen LogP contribution is -2.14. The lowest BCUT2D eigenvalue weighted by Gasteiger charge is -2.07. The summed E-state index contributed by atoms with van der Waals surface area (Å²) in [6.45, 7) is 0. The Morgan fingerprint density at radius 1 is 1.30 bits per heavy atom. The molecular weight excluding hydrogens is 331 g/mol. The van der Waals surface area contributed by atoms with Crippen molar-refractivity contribution in [3.05, 3.63) is 58.1 Å². The first-order valence-corrected chi connectivity index (χ1v) is 6.21. The van der Waals surface area contributed by atoms with E-state index in [2.05, 4.69) is 26.2 Å². The second-order valence-corrected chi connectivity index (χ2v) is 4.76. The van der Waals surface area contributed by atoms with Gasteiger partial charge in [0.05, 0.1) is 17.3 Å².